The lowest BCUT2D eigenvalue weighted by molar-refractivity contribution is 0.391. The maximum atomic E-state index is 5.39. The number of aromatic nitrogens is 5. The maximum Gasteiger partial charge on any atom is 0.237 e. The topological polar surface area (TPSA) is 69.6 Å². The molecule has 3 aromatic heterocycles. The first kappa shape index (κ1) is 19.8. The fraction of sp³-hybridized carbons (Fsp3) is 0.333. The Bertz CT molecular complexity index is 1080. The molecule has 0 atom stereocenters. The van der Waals surface area contributed by atoms with E-state index in [0.29, 0.717) is 17.5 Å². The van der Waals surface area contributed by atoms with Crippen molar-refractivity contribution in [1.82, 2.24) is 24.9 Å². The van der Waals surface area contributed by atoms with Gasteiger partial charge in [0, 0.05) is 23.1 Å². The van der Waals surface area contributed by atoms with Gasteiger partial charge in [-0.1, -0.05) is 62.0 Å². The van der Waals surface area contributed by atoms with Gasteiger partial charge in [-0.15, -0.1) is 10.2 Å². The highest BCUT2D eigenvalue weighted by Crippen LogP contribution is 2.29. The van der Waals surface area contributed by atoms with Gasteiger partial charge in [0.15, 0.2) is 11.0 Å². The lowest BCUT2D eigenvalue weighted by Crippen LogP contribution is -2.10. The molecule has 8 heteroatoms. The average Bonchev–Trinajstić information content (AvgIpc) is 3.45. The Labute approximate surface area is 178 Å². The summed E-state index contributed by atoms with van der Waals surface area (Å²) >= 11 is 3.17. The summed E-state index contributed by atoms with van der Waals surface area (Å²) in [5.41, 5.74) is 3.48. The highest BCUT2D eigenvalue weighted by atomic mass is 32.2. The second-order valence-electron chi connectivity index (χ2n) is 7.69. The molecule has 0 aliphatic rings. The van der Waals surface area contributed by atoms with Crippen LogP contribution in [0.25, 0.3) is 22.8 Å². The first-order chi connectivity index (χ1) is 14.0. The molecule has 0 radical (unpaired) electrons. The van der Waals surface area contributed by atoms with E-state index in [1.807, 2.05) is 16.8 Å². The monoisotopic (exact) mass is 425 g/mol. The van der Waals surface area contributed by atoms with Crippen LogP contribution in [0, 0.1) is 0 Å². The second kappa shape index (κ2) is 8.12. The molecular formula is C21H23N5OS2. The zero-order valence-electron chi connectivity index (χ0n) is 16.9. The van der Waals surface area contributed by atoms with E-state index in [4.69, 9.17) is 4.52 Å². The molecule has 0 spiro atoms. The fourth-order valence-corrected chi connectivity index (χ4v) is 4.44. The van der Waals surface area contributed by atoms with E-state index >= 15 is 0 Å². The van der Waals surface area contributed by atoms with E-state index in [-0.39, 0.29) is 5.41 Å². The summed E-state index contributed by atoms with van der Waals surface area (Å²) in [4.78, 5) is 4.47. The predicted molar refractivity (Wildman–Crippen MR) is 117 cm³/mol. The minimum atomic E-state index is 0.129. The van der Waals surface area contributed by atoms with Gasteiger partial charge >= 0.3 is 0 Å². The molecule has 4 rings (SSSR count). The van der Waals surface area contributed by atoms with Crippen molar-refractivity contribution in [3.8, 4) is 22.8 Å². The molecule has 0 amide bonds. The van der Waals surface area contributed by atoms with Crippen LogP contribution in [-0.4, -0.2) is 24.9 Å². The van der Waals surface area contributed by atoms with Crippen LogP contribution in [0.5, 0.6) is 0 Å². The lowest BCUT2D eigenvalue weighted by Gasteiger charge is -2.19. The third-order valence-corrected chi connectivity index (χ3v) is 6.25. The van der Waals surface area contributed by atoms with E-state index < -0.39 is 0 Å². The summed E-state index contributed by atoms with van der Waals surface area (Å²) in [5, 5.41) is 17.7. The molecule has 0 N–H and O–H groups in total. The van der Waals surface area contributed by atoms with Crippen molar-refractivity contribution < 1.29 is 4.52 Å². The smallest absolute Gasteiger partial charge is 0.237 e. The van der Waals surface area contributed by atoms with Gasteiger partial charge < -0.3 is 9.09 Å². The van der Waals surface area contributed by atoms with Crippen LogP contribution in [-0.2, 0) is 17.7 Å². The van der Waals surface area contributed by atoms with Gasteiger partial charge in [-0.25, -0.2) is 0 Å². The number of nitrogens with zero attached hydrogens (tertiary/aromatic N) is 5. The fourth-order valence-electron chi connectivity index (χ4n) is 2.96. The van der Waals surface area contributed by atoms with Crippen LogP contribution >= 0.6 is 23.1 Å². The van der Waals surface area contributed by atoms with Crippen LogP contribution in [0.15, 0.2) is 50.8 Å². The van der Waals surface area contributed by atoms with Gasteiger partial charge in [0.05, 0.1) is 5.75 Å². The van der Waals surface area contributed by atoms with Crippen molar-refractivity contribution >= 4 is 23.1 Å². The van der Waals surface area contributed by atoms with Crippen molar-refractivity contribution in [3.05, 3.63) is 52.5 Å². The van der Waals surface area contributed by atoms with Crippen LogP contribution < -0.4 is 0 Å². The predicted octanol–water partition coefficient (Wildman–Crippen LogP) is 5.67. The van der Waals surface area contributed by atoms with E-state index in [1.165, 1.54) is 5.56 Å². The van der Waals surface area contributed by atoms with E-state index in [9.17, 15) is 0 Å². The summed E-state index contributed by atoms with van der Waals surface area (Å²) in [7, 11) is 0. The third kappa shape index (κ3) is 4.28. The number of thiophene rings is 1. The Hall–Kier alpha value is -2.45. The van der Waals surface area contributed by atoms with Crippen LogP contribution in [0.2, 0.25) is 0 Å². The van der Waals surface area contributed by atoms with Gasteiger partial charge in [-0.2, -0.15) is 16.3 Å². The Balaban J connectivity index is 1.50. The summed E-state index contributed by atoms with van der Waals surface area (Å²) in [6, 6.07) is 10.6. The van der Waals surface area contributed by atoms with Crippen LogP contribution in [0.4, 0.5) is 0 Å². The Morgan fingerprint density at radius 3 is 2.52 bits per heavy atom. The number of thioether (sulfide) groups is 1. The molecule has 0 bridgehead atoms. The van der Waals surface area contributed by atoms with Crippen molar-refractivity contribution in [2.24, 2.45) is 0 Å². The van der Waals surface area contributed by atoms with Gasteiger partial charge in [-0.3, -0.25) is 0 Å². The minimum absolute atomic E-state index is 0.129. The number of rotatable bonds is 6. The first-order valence-corrected chi connectivity index (χ1v) is 11.4. The molecule has 0 unspecified atom stereocenters. The Kier molecular flexibility index (Phi) is 5.56. The lowest BCUT2D eigenvalue weighted by atomic mass is 9.87. The zero-order chi connectivity index (χ0) is 20.4. The quantitative estimate of drug-likeness (QED) is 0.371. The first-order valence-electron chi connectivity index (χ1n) is 9.48. The normalized spacial score (nSPS) is 11.9. The molecule has 150 valence electrons. The SMILES string of the molecule is CCn1c(SCc2nc(-c3ccsc3)no2)nnc1-c1ccc(C(C)(C)C)cc1. The highest BCUT2D eigenvalue weighted by molar-refractivity contribution is 7.98. The summed E-state index contributed by atoms with van der Waals surface area (Å²) in [6.07, 6.45) is 0. The van der Waals surface area contributed by atoms with E-state index in [1.54, 1.807) is 23.1 Å². The summed E-state index contributed by atoms with van der Waals surface area (Å²) in [5.74, 6) is 2.63. The molecule has 4 aromatic rings. The summed E-state index contributed by atoms with van der Waals surface area (Å²) in [6.45, 7) is 9.53. The molecular weight excluding hydrogens is 402 g/mol. The van der Waals surface area contributed by atoms with E-state index in [0.717, 1.165) is 28.7 Å². The Morgan fingerprint density at radius 1 is 1.07 bits per heavy atom. The molecule has 0 aliphatic heterocycles. The summed E-state index contributed by atoms with van der Waals surface area (Å²) < 4.78 is 7.50. The standard InChI is InChI=1S/C21H23N5OS2/c1-5-26-19(14-6-8-16(9-7-14)21(2,3)4)23-24-20(26)29-13-17-22-18(25-27-17)15-10-11-28-12-15/h6-12H,5,13H2,1-4H3. The molecule has 0 aliphatic carbocycles. The average molecular weight is 426 g/mol. The van der Waals surface area contributed by atoms with Gasteiger partial charge in [-0.05, 0) is 29.3 Å². The van der Waals surface area contributed by atoms with Gasteiger partial charge in [0.2, 0.25) is 11.7 Å². The molecule has 0 saturated carbocycles. The van der Waals surface area contributed by atoms with Crippen molar-refractivity contribution in [2.75, 3.05) is 0 Å². The Morgan fingerprint density at radius 2 is 1.86 bits per heavy atom. The number of hydrogen-bond donors (Lipinski definition) is 0. The molecule has 29 heavy (non-hydrogen) atoms. The second-order valence-corrected chi connectivity index (χ2v) is 9.41. The third-order valence-electron chi connectivity index (χ3n) is 4.61. The number of hydrogen-bond acceptors (Lipinski definition) is 7. The maximum absolute atomic E-state index is 5.39. The van der Waals surface area contributed by atoms with Crippen molar-refractivity contribution in [3.63, 3.8) is 0 Å². The minimum Gasteiger partial charge on any atom is -0.338 e. The van der Waals surface area contributed by atoms with Crippen LogP contribution in [0.1, 0.15) is 39.1 Å². The largest absolute Gasteiger partial charge is 0.338 e. The number of benzene rings is 1. The molecule has 3 heterocycles. The van der Waals surface area contributed by atoms with Crippen molar-refractivity contribution in [1.29, 1.82) is 0 Å². The van der Waals surface area contributed by atoms with Crippen LogP contribution in [0.3, 0.4) is 0 Å². The molecule has 0 fully saturated rings. The molecule has 1 aromatic carbocycles. The highest BCUT2D eigenvalue weighted by Gasteiger charge is 2.17. The molecule has 0 saturated heterocycles. The zero-order valence-corrected chi connectivity index (χ0v) is 18.5. The van der Waals surface area contributed by atoms with Crippen molar-refractivity contribution in [2.45, 2.75) is 50.6 Å². The molecule has 6 nitrogen and oxygen atoms in total. The van der Waals surface area contributed by atoms with Gasteiger partial charge in [0.25, 0.3) is 0 Å². The van der Waals surface area contributed by atoms with E-state index in [2.05, 4.69) is 76.9 Å². The van der Waals surface area contributed by atoms with Gasteiger partial charge in [0.1, 0.15) is 0 Å².